The van der Waals surface area contributed by atoms with E-state index >= 15 is 0 Å². The highest BCUT2D eigenvalue weighted by Crippen LogP contribution is 2.50. The number of hydrogen-bond acceptors (Lipinski definition) is 4. The Kier molecular flexibility index (Phi) is 7.97. The van der Waals surface area contributed by atoms with Gasteiger partial charge in [0.05, 0.1) is 22.8 Å². The maximum Gasteiger partial charge on any atom is 0.416 e. The maximum absolute atomic E-state index is 14.6. The summed E-state index contributed by atoms with van der Waals surface area (Å²) in [6.45, 7) is 4.31. The van der Waals surface area contributed by atoms with Crippen molar-refractivity contribution in [2.45, 2.75) is 20.0 Å². The minimum Gasteiger partial charge on any atom is -0.459 e. The molecule has 188 valence electrons. The Labute approximate surface area is 202 Å². The van der Waals surface area contributed by atoms with Crippen LogP contribution in [0, 0.1) is 0 Å². The smallest absolute Gasteiger partial charge is 0.416 e. The van der Waals surface area contributed by atoms with Gasteiger partial charge in [0.1, 0.15) is 0 Å². The van der Waals surface area contributed by atoms with Crippen molar-refractivity contribution in [2.75, 3.05) is 42.5 Å². The van der Waals surface area contributed by atoms with Gasteiger partial charge in [0.25, 0.3) is 13.4 Å². The van der Waals surface area contributed by atoms with Crippen molar-refractivity contribution >= 4 is 35.7 Å². The molecule has 0 aliphatic carbocycles. The standard InChI is InChI=1S/C24H28F3N4O3P/c1-5-31(6-2)35(33,29-18-10-7-9-17(15-18)24(25,26)27)22-13-12-19(30(3)4)16-20(22)28-23(32)21-11-8-14-34-21/h7-16H,5-6H2,1-4H3,(H,28,32)(H,29,33)/t35-/m0/s1. The van der Waals surface area contributed by atoms with Gasteiger partial charge in [0.15, 0.2) is 5.76 Å². The SMILES string of the molecule is CCN(CC)[P@@](=O)(Nc1cccc(C(F)(F)F)c1)c1ccc(N(C)C)cc1NC(=O)c1ccco1. The predicted octanol–water partition coefficient (Wildman–Crippen LogP) is 5.89. The normalized spacial score (nSPS) is 13.4. The number of nitrogens with one attached hydrogen (secondary N) is 2. The Morgan fingerprint density at radius 1 is 1.03 bits per heavy atom. The molecule has 0 aliphatic heterocycles. The number of carbonyl (C=O) groups is 1. The van der Waals surface area contributed by atoms with Crippen LogP contribution in [0.4, 0.5) is 30.2 Å². The fourth-order valence-electron chi connectivity index (χ4n) is 3.60. The van der Waals surface area contributed by atoms with Gasteiger partial charge in [-0.15, -0.1) is 0 Å². The van der Waals surface area contributed by atoms with Crippen molar-refractivity contribution in [1.82, 2.24) is 4.67 Å². The predicted molar refractivity (Wildman–Crippen MR) is 133 cm³/mol. The lowest BCUT2D eigenvalue weighted by molar-refractivity contribution is -0.137. The van der Waals surface area contributed by atoms with Crippen LogP contribution in [0.2, 0.25) is 0 Å². The summed E-state index contributed by atoms with van der Waals surface area (Å²) in [4.78, 5) is 14.6. The average Bonchev–Trinajstić information content (AvgIpc) is 3.34. The number of carbonyl (C=O) groups excluding carboxylic acids is 1. The molecule has 2 aromatic carbocycles. The summed E-state index contributed by atoms with van der Waals surface area (Å²) in [7, 11) is -0.110. The quantitative estimate of drug-likeness (QED) is 0.351. The van der Waals surface area contributed by atoms with Gasteiger partial charge in [-0.25, -0.2) is 4.67 Å². The Hall–Kier alpha value is -3.23. The zero-order chi connectivity index (χ0) is 25.8. The lowest BCUT2D eigenvalue weighted by Crippen LogP contribution is -2.32. The highest BCUT2D eigenvalue weighted by molar-refractivity contribution is 7.71. The summed E-state index contributed by atoms with van der Waals surface area (Å²) in [6.07, 6.45) is -3.19. The van der Waals surface area contributed by atoms with Crippen molar-refractivity contribution in [1.29, 1.82) is 0 Å². The van der Waals surface area contributed by atoms with E-state index in [0.29, 0.717) is 13.1 Å². The molecule has 0 bridgehead atoms. The van der Waals surface area contributed by atoms with Gasteiger partial charge in [-0.3, -0.25) is 9.36 Å². The molecule has 7 nitrogen and oxygen atoms in total. The number of benzene rings is 2. The van der Waals surface area contributed by atoms with Gasteiger partial charge in [-0.1, -0.05) is 19.9 Å². The molecule has 1 heterocycles. The second-order valence-corrected chi connectivity index (χ2v) is 10.4. The summed E-state index contributed by atoms with van der Waals surface area (Å²) in [5, 5.41) is 5.89. The molecule has 2 N–H and O–H groups in total. The fraction of sp³-hybridized carbons (Fsp3) is 0.292. The number of hydrogen-bond donors (Lipinski definition) is 2. The van der Waals surface area contributed by atoms with Crippen LogP contribution in [-0.4, -0.2) is 37.8 Å². The van der Waals surface area contributed by atoms with E-state index in [4.69, 9.17) is 4.42 Å². The average molecular weight is 508 g/mol. The van der Waals surface area contributed by atoms with Crippen molar-refractivity contribution in [3.05, 3.63) is 72.2 Å². The molecule has 3 aromatic rings. The molecular weight excluding hydrogens is 480 g/mol. The second kappa shape index (κ2) is 10.6. The van der Waals surface area contributed by atoms with E-state index < -0.39 is 25.1 Å². The lowest BCUT2D eigenvalue weighted by atomic mass is 10.2. The van der Waals surface area contributed by atoms with Crippen LogP contribution in [0.25, 0.3) is 0 Å². The molecule has 1 aromatic heterocycles. The first kappa shape index (κ1) is 26.4. The van der Waals surface area contributed by atoms with Crippen LogP contribution < -0.4 is 20.6 Å². The topological polar surface area (TPSA) is 77.8 Å². The van der Waals surface area contributed by atoms with Gasteiger partial charge in [0.2, 0.25) is 0 Å². The zero-order valence-corrected chi connectivity index (χ0v) is 20.8. The summed E-state index contributed by atoms with van der Waals surface area (Å²) < 4.78 is 61.4. The van der Waals surface area contributed by atoms with E-state index in [2.05, 4.69) is 10.4 Å². The first-order valence-electron chi connectivity index (χ1n) is 11.0. The van der Waals surface area contributed by atoms with Crippen LogP contribution in [0.15, 0.2) is 65.3 Å². The third kappa shape index (κ3) is 5.89. The Morgan fingerprint density at radius 3 is 2.31 bits per heavy atom. The fourth-order valence-corrected chi connectivity index (χ4v) is 6.18. The number of anilines is 3. The van der Waals surface area contributed by atoms with Gasteiger partial charge in [-0.05, 0) is 48.5 Å². The van der Waals surface area contributed by atoms with Crippen LogP contribution in [0.5, 0.6) is 0 Å². The number of alkyl halides is 3. The van der Waals surface area contributed by atoms with Crippen LogP contribution in [-0.2, 0) is 10.7 Å². The summed E-state index contributed by atoms with van der Waals surface area (Å²) in [5.74, 6) is -0.480. The molecule has 0 saturated carbocycles. The van der Waals surface area contributed by atoms with Crippen LogP contribution in [0.1, 0.15) is 30.0 Å². The molecule has 0 unspecified atom stereocenters. The van der Waals surface area contributed by atoms with E-state index in [1.165, 1.54) is 24.5 Å². The summed E-state index contributed by atoms with van der Waals surface area (Å²) >= 11 is 0. The molecule has 0 radical (unpaired) electrons. The number of furan rings is 1. The highest BCUT2D eigenvalue weighted by atomic mass is 31.2. The molecule has 0 aliphatic rings. The van der Waals surface area contributed by atoms with Crippen molar-refractivity contribution in [3.63, 3.8) is 0 Å². The van der Waals surface area contributed by atoms with Crippen LogP contribution >= 0.6 is 7.44 Å². The minimum atomic E-state index is -4.55. The maximum atomic E-state index is 14.6. The largest absolute Gasteiger partial charge is 0.459 e. The second-order valence-electron chi connectivity index (χ2n) is 7.93. The first-order chi connectivity index (χ1) is 16.5. The molecular formula is C24H28F3N4O3P. The lowest BCUT2D eigenvalue weighted by Gasteiger charge is -2.33. The van der Waals surface area contributed by atoms with Crippen molar-refractivity contribution < 1.29 is 26.9 Å². The third-order valence-electron chi connectivity index (χ3n) is 5.42. The number of rotatable bonds is 9. The molecule has 1 atom stereocenters. The number of amides is 1. The van der Waals surface area contributed by atoms with Gasteiger partial charge >= 0.3 is 6.18 Å². The Morgan fingerprint density at radius 2 is 1.74 bits per heavy atom. The number of halogens is 3. The van der Waals surface area contributed by atoms with E-state index in [9.17, 15) is 22.5 Å². The molecule has 0 fully saturated rings. The van der Waals surface area contributed by atoms with Gasteiger partial charge < -0.3 is 19.7 Å². The third-order valence-corrected chi connectivity index (χ3v) is 8.38. The zero-order valence-electron chi connectivity index (χ0n) is 19.9. The van der Waals surface area contributed by atoms with Crippen LogP contribution in [0.3, 0.4) is 0 Å². The van der Waals surface area contributed by atoms with Crippen molar-refractivity contribution in [2.24, 2.45) is 0 Å². The minimum absolute atomic E-state index is 0.0510. The summed E-state index contributed by atoms with van der Waals surface area (Å²) in [6, 6.07) is 12.7. The Balaban J connectivity index is 2.14. The van der Waals surface area contributed by atoms with E-state index in [-0.39, 0.29) is 22.4 Å². The molecule has 0 spiro atoms. The first-order valence-corrected chi connectivity index (χ1v) is 12.6. The highest BCUT2D eigenvalue weighted by Gasteiger charge is 2.36. The van der Waals surface area contributed by atoms with Gasteiger partial charge in [0, 0.05) is 38.6 Å². The summed E-state index contributed by atoms with van der Waals surface area (Å²) in [5.41, 5.74) is 0.180. The van der Waals surface area contributed by atoms with E-state index in [1.807, 2.05) is 19.0 Å². The van der Waals surface area contributed by atoms with E-state index in [1.54, 1.807) is 42.8 Å². The Bertz CT molecular complexity index is 1210. The molecule has 1 amide bonds. The molecule has 11 heteroatoms. The van der Waals surface area contributed by atoms with Gasteiger partial charge in [-0.2, -0.15) is 13.2 Å². The van der Waals surface area contributed by atoms with E-state index in [0.717, 1.165) is 17.8 Å². The molecule has 35 heavy (non-hydrogen) atoms. The molecule has 3 rings (SSSR count). The molecule has 0 saturated heterocycles. The number of nitrogens with zero attached hydrogens (tertiary/aromatic N) is 2. The van der Waals surface area contributed by atoms with Crippen molar-refractivity contribution in [3.8, 4) is 0 Å². The monoisotopic (exact) mass is 508 g/mol.